The van der Waals surface area contributed by atoms with Gasteiger partial charge in [0.2, 0.25) is 0 Å². The summed E-state index contributed by atoms with van der Waals surface area (Å²) in [5.41, 5.74) is 1.43. The van der Waals surface area contributed by atoms with Gasteiger partial charge in [-0.2, -0.15) is 0 Å². The molecule has 2 N–H and O–H groups in total. The minimum atomic E-state index is -0.424. The first-order valence-electron chi connectivity index (χ1n) is 8.17. The lowest BCUT2D eigenvalue weighted by molar-refractivity contribution is 0.0600. The summed E-state index contributed by atoms with van der Waals surface area (Å²) in [5, 5.41) is 5.66. The molecule has 0 aromatic heterocycles. The summed E-state index contributed by atoms with van der Waals surface area (Å²) in [6.45, 7) is 2.50. The molecule has 0 aliphatic rings. The Hall–Kier alpha value is -2.45. The van der Waals surface area contributed by atoms with Gasteiger partial charge in [-0.15, -0.1) is 0 Å². The van der Waals surface area contributed by atoms with Gasteiger partial charge < -0.3 is 14.8 Å². The number of esters is 1. The van der Waals surface area contributed by atoms with Crippen molar-refractivity contribution in [1.82, 2.24) is 5.32 Å². The Kier molecular flexibility index (Phi) is 7.75. The number of hydrogen-bond acceptors (Lipinski definition) is 5. The molecular weight excluding hydrogens is 432 g/mol. The molecule has 2 aromatic carbocycles. The number of rotatable bonds is 6. The van der Waals surface area contributed by atoms with Gasteiger partial charge >= 0.3 is 5.97 Å². The van der Waals surface area contributed by atoms with E-state index in [4.69, 9.17) is 17.0 Å². The number of ether oxygens (including phenoxy) is 2. The minimum Gasteiger partial charge on any atom is -0.493 e. The lowest BCUT2D eigenvalue weighted by atomic mass is 10.2. The third kappa shape index (κ3) is 6.04. The molecule has 0 atom stereocenters. The van der Waals surface area contributed by atoms with Gasteiger partial charge in [0.05, 0.1) is 24.8 Å². The van der Waals surface area contributed by atoms with Crippen LogP contribution in [0.5, 0.6) is 5.75 Å². The minimum absolute atomic E-state index is 0.132. The lowest BCUT2D eigenvalue weighted by Crippen LogP contribution is -2.34. The fourth-order valence-electron chi connectivity index (χ4n) is 2.16. The van der Waals surface area contributed by atoms with E-state index >= 15 is 0 Å². The zero-order valence-corrected chi connectivity index (χ0v) is 17.3. The highest BCUT2D eigenvalue weighted by atomic mass is 79.9. The van der Waals surface area contributed by atoms with Gasteiger partial charge in [-0.25, -0.2) is 4.79 Å². The van der Waals surface area contributed by atoms with Crippen molar-refractivity contribution in [3.8, 4) is 5.75 Å². The summed E-state index contributed by atoms with van der Waals surface area (Å²) in [5.74, 6) is -0.319. The number of hydrogen-bond donors (Lipinski definition) is 2. The molecule has 0 radical (unpaired) electrons. The molecule has 0 bridgehead atoms. The second-order valence-electron chi connectivity index (χ2n) is 5.47. The van der Waals surface area contributed by atoms with Gasteiger partial charge in [0.15, 0.2) is 5.11 Å². The first-order valence-corrected chi connectivity index (χ1v) is 9.37. The molecule has 8 heteroatoms. The molecule has 0 fully saturated rings. The predicted molar refractivity (Wildman–Crippen MR) is 111 cm³/mol. The van der Waals surface area contributed by atoms with Crippen LogP contribution in [0.25, 0.3) is 0 Å². The van der Waals surface area contributed by atoms with Gasteiger partial charge in [-0.1, -0.05) is 22.9 Å². The van der Waals surface area contributed by atoms with Crippen LogP contribution < -0.4 is 15.4 Å². The lowest BCUT2D eigenvalue weighted by Gasteiger charge is -2.13. The van der Waals surface area contributed by atoms with Crippen LogP contribution in [-0.4, -0.2) is 30.7 Å². The molecular formula is C19H19BrN2O4S. The van der Waals surface area contributed by atoms with E-state index in [0.717, 1.165) is 10.9 Å². The first-order chi connectivity index (χ1) is 12.9. The molecule has 1 amide bonds. The van der Waals surface area contributed by atoms with E-state index in [2.05, 4.69) is 31.3 Å². The van der Waals surface area contributed by atoms with Crippen molar-refractivity contribution in [2.24, 2.45) is 0 Å². The second-order valence-corrected chi connectivity index (χ2v) is 6.79. The summed E-state index contributed by atoms with van der Waals surface area (Å²) in [6.07, 6.45) is 0.832. The van der Waals surface area contributed by atoms with E-state index in [-0.39, 0.29) is 11.0 Å². The number of carbonyl (C=O) groups excluding carboxylic acids is 2. The largest absolute Gasteiger partial charge is 0.493 e. The number of carbonyl (C=O) groups is 2. The quantitative estimate of drug-likeness (QED) is 0.508. The van der Waals surface area contributed by atoms with Gasteiger partial charge in [0.25, 0.3) is 5.91 Å². The topological polar surface area (TPSA) is 76.7 Å². The Labute approximate surface area is 171 Å². The molecule has 0 saturated carbocycles. The van der Waals surface area contributed by atoms with Crippen molar-refractivity contribution in [2.45, 2.75) is 13.3 Å². The van der Waals surface area contributed by atoms with Crippen LogP contribution in [0.4, 0.5) is 5.69 Å². The smallest absolute Gasteiger partial charge is 0.337 e. The van der Waals surface area contributed by atoms with Gasteiger partial charge in [-0.3, -0.25) is 10.1 Å². The van der Waals surface area contributed by atoms with Crippen molar-refractivity contribution >= 4 is 50.8 Å². The Morgan fingerprint density at radius 3 is 2.48 bits per heavy atom. The number of anilines is 1. The maximum Gasteiger partial charge on any atom is 0.337 e. The average molecular weight is 451 g/mol. The van der Waals surface area contributed by atoms with Crippen molar-refractivity contribution in [3.05, 3.63) is 58.1 Å². The fourth-order valence-corrected chi connectivity index (χ4v) is 2.73. The molecule has 0 unspecified atom stereocenters. The number of methoxy groups -OCH3 is 1. The van der Waals surface area contributed by atoms with Crippen LogP contribution in [0.2, 0.25) is 0 Å². The second kappa shape index (κ2) is 10.0. The van der Waals surface area contributed by atoms with Crippen molar-refractivity contribution in [1.29, 1.82) is 0 Å². The average Bonchev–Trinajstić information content (AvgIpc) is 2.66. The standard InChI is InChI=1S/C19H19BrN2O4S/c1-3-10-26-16-9-6-13(20)11-15(16)17(23)22-19(27)21-14-7-4-12(5-8-14)18(24)25-2/h4-9,11H,3,10H2,1-2H3,(H2,21,22,23,27). The van der Waals surface area contributed by atoms with Crippen LogP contribution in [0, 0.1) is 0 Å². The molecule has 0 aliphatic heterocycles. The highest BCUT2D eigenvalue weighted by Gasteiger charge is 2.15. The number of thiocarbonyl (C=S) groups is 1. The van der Waals surface area contributed by atoms with E-state index in [1.54, 1.807) is 42.5 Å². The maximum absolute atomic E-state index is 12.6. The van der Waals surface area contributed by atoms with Crippen LogP contribution in [-0.2, 0) is 4.74 Å². The van der Waals surface area contributed by atoms with Gasteiger partial charge in [0.1, 0.15) is 5.75 Å². The Morgan fingerprint density at radius 1 is 1.15 bits per heavy atom. The van der Waals surface area contributed by atoms with Crippen molar-refractivity contribution in [3.63, 3.8) is 0 Å². The van der Waals surface area contributed by atoms with Crippen LogP contribution in [0.1, 0.15) is 34.1 Å². The Balaban J connectivity index is 2.04. The summed E-state index contributed by atoms with van der Waals surface area (Å²) >= 11 is 8.55. The van der Waals surface area contributed by atoms with Crippen molar-refractivity contribution in [2.75, 3.05) is 19.0 Å². The monoisotopic (exact) mass is 450 g/mol. The summed E-state index contributed by atoms with van der Waals surface area (Å²) < 4.78 is 11.0. The number of nitrogens with one attached hydrogen (secondary N) is 2. The zero-order valence-electron chi connectivity index (χ0n) is 14.9. The molecule has 0 saturated heterocycles. The molecule has 27 heavy (non-hydrogen) atoms. The fraction of sp³-hybridized carbons (Fsp3) is 0.211. The third-order valence-corrected chi connectivity index (χ3v) is 4.14. The van der Waals surface area contributed by atoms with E-state index in [1.165, 1.54) is 7.11 Å². The molecule has 6 nitrogen and oxygen atoms in total. The summed E-state index contributed by atoms with van der Waals surface area (Å²) in [7, 11) is 1.32. The SMILES string of the molecule is CCCOc1ccc(Br)cc1C(=O)NC(=S)Nc1ccc(C(=O)OC)cc1. The highest BCUT2D eigenvalue weighted by Crippen LogP contribution is 2.23. The number of amides is 1. The molecule has 142 valence electrons. The Bertz CT molecular complexity index is 840. The summed E-state index contributed by atoms with van der Waals surface area (Å²) in [4.78, 5) is 24.0. The van der Waals surface area contributed by atoms with E-state index < -0.39 is 5.97 Å². The van der Waals surface area contributed by atoms with Crippen LogP contribution in [0.3, 0.4) is 0 Å². The van der Waals surface area contributed by atoms with Crippen LogP contribution >= 0.6 is 28.1 Å². The van der Waals surface area contributed by atoms with E-state index in [0.29, 0.717) is 29.2 Å². The van der Waals surface area contributed by atoms with Gasteiger partial charge in [0, 0.05) is 10.2 Å². The van der Waals surface area contributed by atoms with E-state index in [9.17, 15) is 9.59 Å². The summed E-state index contributed by atoms with van der Waals surface area (Å²) in [6, 6.07) is 11.7. The zero-order chi connectivity index (χ0) is 19.8. The molecule has 2 rings (SSSR count). The molecule has 0 aliphatic carbocycles. The molecule has 0 heterocycles. The van der Waals surface area contributed by atoms with E-state index in [1.807, 2.05) is 6.92 Å². The third-order valence-electron chi connectivity index (χ3n) is 3.44. The van der Waals surface area contributed by atoms with Crippen LogP contribution in [0.15, 0.2) is 46.9 Å². The van der Waals surface area contributed by atoms with Gasteiger partial charge in [-0.05, 0) is 61.1 Å². The molecule has 2 aromatic rings. The Morgan fingerprint density at radius 2 is 1.85 bits per heavy atom. The first kappa shape index (κ1) is 20.9. The predicted octanol–water partition coefficient (Wildman–Crippen LogP) is 4.15. The number of halogens is 1. The highest BCUT2D eigenvalue weighted by molar-refractivity contribution is 9.10. The number of benzene rings is 2. The maximum atomic E-state index is 12.6. The normalized spacial score (nSPS) is 10.0. The molecule has 0 spiro atoms. The van der Waals surface area contributed by atoms with Crippen molar-refractivity contribution < 1.29 is 19.1 Å².